The third kappa shape index (κ3) is 3.70. The molecule has 2 heterocycles. The van der Waals surface area contributed by atoms with Crippen LogP contribution in [-0.4, -0.2) is 24.7 Å². The molecule has 0 amide bonds. The molecule has 0 saturated heterocycles. The van der Waals surface area contributed by atoms with Gasteiger partial charge in [-0.15, -0.1) is 0 Å². The van der Waals surface area contributed by atoms with Gasteiger partial charge in [-0.05, 0) is 24.3 Å². The predicted molar refractivity (Wildman–Crippen MR) is 90.9 cm³/mol. The highest BCUT2D eigenvalue weighted by Crippen LogP contribution is 2.34. The lowest BCUT2D eigenvalue weighted by molar-refractivity contribution is -0.137. The molecule has 2 aromatic rings. The number of benzene rings is 1. The van der Waals surface area contributed by atoms with Crippen molar-refractivity contribution in [1.82, 2.24) is 15.1 Å². The molecule has 2 N–H and O–H groups in total. The minimum Gasteiger partial charge on any atom is -0.366 e. The number of halogens is 4. The van der Waals surface area contributed by atoms with Gasteiger partial charge in [0.05, 0.1) is 16.8 Å². The van der Waals surface area contributed by atoms with Gasteiger partial charge >= 0.3 is 6.18 Å². The quantitative estimate of drug-likeness (QED) is 0.819. The van der Waals surface area contributed by atoms with Gasteiger partial charge in [0, 0.05) is 12.6 Å². The fourth-order valence-electron chi connectivity index (χ4n) is 2.26. The summed E-state index contributed by atoms with van der Waals surface area (Å²) in [6, 6.07) is 3.46. The van der Waals surface area contributed by atoms with Gasteiger partial charge < -0.3 is 5.32 Å². The van der Waals surface area contributed by atoms with E-state index in [1.165, 1.54) is 16.9 Å². The molecule has 0 radical (unpaired) electrons. The van der Waals surface area contributed by atoms with Crippen molar-refractivity contribution in [3.8, 4) is 0 Å². The topological polar surface area (TPSA) is 76.0 Å². The minimum atomic E-state index is -4.62. The molecule has 1 aromatic carbocycles. The maximum Gasteiger partial charge on any atom is 0.416 e. The third-order valence-corrected chi connectivity index (χ3v) is 5.29. The van der Waals surface area contributed by atoms with Crippen LogP contribution in [-0.2, 0) is 16.2 Å². The van der Waals surface area contributed by atoms with Crippen molar-refractivity contribution in [1.29, 1.82) is 0 Å². The van der Waals surface area contributed by atoms with Gasteiger partial charge in [-0.2, -0.15) is 18.3 Å². The zero-order valence-electron chi connectivity index (χ0n) is 13.0. The molecular weight excluding hydrogens is 393 g/mol. The van der Waals surface area contributed by atoms with Crippen LogP contribution in [0.15, 0.2) is 53.6 Å². The number of nitrogens with one attached hydrogen (secondary N) is 2. The van der Waals surface area contributed by atoms with E-state index in [0.717, 1.165) is 6.07 Å². The number of sulfonamides is 1. The molecule has 0 atom stereocenters. The van der Waals surface area contributed by atoms with Crippen molar-refractivity contribution >= 4 is 33.3 Å². The molecule has 138 valence electrons. The second-order valence-corrected chi connectivity index (χ2v) is 7.30. The number of alkyl halides is 3. The Balaban J connectivity index is 1.93. The van der Waals surface area contributed by atoms with E-state index in [4.69, 9.17) is 11.6 Å². The molecule has 0 spiro atoms. The van der Waals surface area contributed by atoms with E-state index in [0.29, 0.717) is 24.5 Å². The molecule has 1 aliphatic rings. The van der Waals surface area contributed by atoms with Gasteiger partial charge in [0.25, 0.3) is 10.0 Å². The largest absolute Gasteiger partial charge is 0.416 e. The van der Waals surface area contributed by atoms with E-state index in [1.807, 2.05) is 6.08 Å². The second-order valence-electron chi connectivity index (χ2n) is 5.24. The summed E-state index contributed by atoms with van der Waals surface area (Å²) in [4.78, 5) is -0.467. The third-order valence-electron chi connectivity index (χ3n) is 3.45. The number of nitrogens with zero attached hydrogens (tertiary/aromatic N) is 2. The Labute approximate surface area is 152 Å². The first-order chi connectivity index (χ1) is 12.2. The molecule has 1 aromatic heterocycles. The van der Waals surface area contributed by atoms with Gasteiger partial charge in [0.2, 0.25) is 0 Å². The average Bonchev–Trinajstić information content (AvgIpc) is 3.02. The summed E-state index contributed by atoms with van der Waals surface area (Å²) in [5.41, 5.74) is -1.03. The number of hydrogen-bond donors (Lipinski definition) is 2. The maximum absolute atomic E-state index is 12.7. The molecule has 0 saturated carbocycles. The van der Waals surface area contributed by atoms with Crippen LogP contribution in [0.5, 0.6) is 0 Å². The molecule has 11 heteroatoms. The smallest absolute Gasteiger partial charge is 0.366 e. The Kier molecular flexibility index (Phi) is 4.72. The number of anilines is 1. The lowest BCUT2D eigenvalue weighted by atomic mass is 10.2. The molecule has 0 fully saturated rings. The van der Waals surface area contributed by atoms with Crippen LogP contribution in [0, 0.1) is 0 Å². The van der Waals surface area contributed by atoms with Crippen LogP contribution in [0.1, 0.15) is 5.56 Å². The lowest BCUT2D eigenvalue weighted by Crippen LogP contribution is -2.23. The standard InChI is InChI=1S/C15H12ClF3N4O2S/c16-11-9-10(15(17,18)19)4-5-12(11)26(24,25)22-14-6-8-21-23(14)13-3-1-2-7-20-13/h1-6,8-9,20,22H,7H2. The molecule has 6 nitrogen and oxygen atoms in total. The van der Waals surface area contributed by atoms with Crippen molar-refractivity contribution < 1.29 is 21.6 Å². The Bertz CT molecular complexity index is 997. The Morgan fingerprint density at radius 2 is 2.04 bits per heavy atom. The van der Waals surface area contributed by atoms with Gasteiger partial charge in [0.15, 0.2) is 0 Å². The fourth-order valence-corrected chi connectivity index (χ4v) is 3.84. The summed E-state index contributed by atoms with van der Waals surface area (Å²) < 4.78 is 66.8. The van der Waals surface area contributed by atoms with Gasteiger partial charge in [0.1, 0.15) is 16.5 Å². The fraction of sp³-hybridized carbons (Fsp3) is 0.133. The first-order valence-corrected chi connectivity index (χ1v) is 9.09. The van der Waals surface area contributed by atoms with Crippen LogP contribution in [0.25, 0.3) is 5.82 Å². The second kappa shape index (κ2) is 6.69. The number of hydrogen-bond acceptors (Lipinski definition) is 4. The van der Waals surface area contributed by atoms with E-state index < -0.39 is 31.7 Å². The molecule has 1 aliphatic heterocycles. The highest BCUT2D eigenvalue weighted by molar-refractivity contribution is 7.92. The van der Waals surface area contributed by atoms with Crippen molar-refractivity contribution in [3.05, 3.63) is 59.3 Å². The van der Waals surface area contributed by atoms with E-state index in [2.05, 4.69) is 15.1 Å². The number of allylic oxidation sites excluding steroid dienone is 2. The number of dihydropyridines is 1. The summed E-state index contributed by atoms with van der Waals surface area (Å²) in [5, 5.41) is 6.51. The van der Waals surface area contributed by atoms with Crippen LogP contribution >= 0.6 is 11.6 Å². The molecule has 26 heavy (non-hydrogen) atoms. The Morgan fingerprint density at radius 1 is 1.27 bits per heavy atom. The van der Waals surface area contributed by atoms with Crippen molar-refractivity contribution in [2.24, 2.45) is 0 Å². The number of rotatable bonds is 4. The minimum absolute atomic E-state index is 0.106. The summed E-state index contributed by atoms with van der Waals surface area (Å²) in [5.74, 6) is 0.642. The van der Waals surface area contributed by atoms with Gasteiger partial charge in [-0.3, -0.25) is 4.72 Å². The monoisotopic (exact) mass is 404 g/mol. The summed E-state index contributed by atoms with van der Waals surface area (Å²) in [6.45, 7) is 0.544. The SMILES string of the molecule is O=S(=O)(Nc1ccnn1C1=CC=CCN1)c1ccc(C(F)(F)F)cc1Cl. The highest BCUT2D eigenvalue weighted by Gasteiger charge is 2.32. The van der Waals surface area contributed by atoms with Crippen LogP contribution in [0.3, 0.4) is 0 Å². The van der Waals surface area contributed by atoms with Crippen molar-refractivity contribution in [3.63, 3.8) is 0 Å². The lowest BCUT2D eigenvalue weighted by Gasteiger charge is -2.16. The first-order valence-electron chi connectivity index (χ1n) is 7.23. The van der Waals surface area contributed by atoms with Crippen LogP contribution < -0.4 is 10.0 Å². The van der Waals surface area contributed by atoms with Crippen molar-refractivity contribution in [2.45, 2.75) is 11.1 Å². The normalized spacial score (nSPS) is 14.7. The highest BCUT2D eigenvalue weighted by atomic mass is 35.5. The zero-order chi connectivity index (χ0) is 18.9. The molecule has 0 aliphatic carbocycles. The summed E-state index contributed by atoms with van der Waals surface area (Å²) in [6.07, 6.45) is 2.09. The molecular formula is C15H12ClF3N4O2S. The van der Waals surface area contributed by atoms with Crippen LogP contribution in [0.2, 0.25) is 5.02 Å². The summed E-state index contributed by atoms with van der Waals surface area (Å²) >= 11 is 5.77. The Hall–Kier alpha value is -2.46. The van der Waals surface area contributed by atoms with Gasteiger partial charge in [-0.1, -0.05) is 23.8 Å². The molecule has 0 unspecified atom stereocenters. The molecule has 0 bridgehead atoms. The van der Waals surface area contributed by atoms with E-state index >= 15 is 0 Å². The summed E-state index contributed by atoms with van der Waals surface area (Å²) in [7, 11) is -4.22. The Morgan fingerprint density at radius 3 is 2.65 bits per heavy atom. The molecule has 3 rings (SSSR count). The number of aromatic nitrogens is 2. The van der Waals surface area contributed by atoms with Crippen LogP contribution in [0.4, 0.5) is 19.0 Å². The first kappa shape index (κ1) is 18.3. The van der Waals surface area contributed by atoms with Gasteiger partial charge in [-0.25, -0.2) is 13.1 Å². The van der Waals surface area contributed by atoms with E-state index in [1.54, 1.807) is 12.2 Å². The van der Waals surface area contributed by atoms with E-state index in [-0.39, 0.29) is 5.82 Å². The maximum atomic E-state index is 12.7. The average molecular weight is 405 g/mol. The predicted octanol–water partition coefficient (Wildman–Crippen LogP) is 3.31. The van der Waals surface area contributed by atoms with E-state index in [9.17, 15) is 21.6 Å². The zero-order valence-corrected chi connectivity index (χ0v) is 14.5. The van der Waals surface area contributed by atoms with Crippen molar-refractivity contribution in [2.75, 3.05) is 11.3 Å².